The Balaban J connectivity index is -0.000000240. The van der Waals surface area contributed by atoms with E-state index < -0.39 is 29.7 Å². The molecule has 0 aromatic heterocycles. The normalized spacial score (nSPS) is 8.81. The summed E-state index contributed by atoms with van der Waals surface area (Å²) < 4.78 is 0. The van der Waals surface area contributed by atoms with Gasteiger partial charge in [-0.15, -0.1) is 0 Å². The fourth-order valence-corrected chi connectivity index (χ4v) is 0.970. The van der Waals surface area contributed by atoms with Crippen LogP contribution in [0.2, 0.25) is 0 Å². The van der Waals surface area contributed by atoms with Crippen LogP contribution in [0.5, 0.6) is 0 Å². The quantitative estimate of drug-likeness (QED) is 0.493. The lowest BCUT2D eigenvalue weighted by Gasteiger charge is -2.18. The van der Waals surface area contributed by atoms with Crippen LogP contribution in [0.3, 0.4) is 0 Å². The van der Waals surface area contributed by atoms with Gasteiger partial charge in [0.25, 0.3) is 5.41 Å². The summed E-state index contributed by atoms with van der Waals surface area (Å²) in [4.78, 5) is 31.6. The van der Waals surface area contributed by atoms with Crippen molar-refractivity contribution >= 4 is 47.6 Å². The van der Waals surface area contributed by atoms with E-state index in [1.165, 1.54) is 6.92 Å². The smallest absolute Gasteiger partial charge is 0.332 e. The standard InChI is InChI=1S/C7H10O6.3H3P/c1-2-3-7(4(8)9,5(10)11)6(12)13;;;/h2-3H2,1H3,(H,8,9)(H,10,11)(H,12,13);3*1H3. The van der Waals surface area contributed by atoms with Gasteiger partial charge in [-0.05, 0) is 6.42 Å². The van der Waals surface area contributed by atoms with Gasteiger partial charge in [0.15, 0.2) is 0 Å². The third-order valence-corrected chi connectivity index (χ3v) is 1.72. The van der Waals surface area contributed by atoms with Gasteiger partial charge in [0.05, 0.1) is 0 Å². The molecule has 3 atom stereocenters. The Labute approximate surface area is 103 Å². The van der Waals surface area contributed by atoms with Crippen molar-refractivity contribution in [1.29, 1.82) is 0 Å². The number of rotatable bonds is 5. The summed E-state index contributed by atoms with van der Waals surface area (Å²) in [5.74, 6) is -5.52. The largest absolute Gasteiger partial charge is 0.480 e. The first-order chi connectivity index (χ1) is 5.89. The highest BCUT2D eigenvalue weighted by molar-refractivity contribution is 6.92. The Hall–Kier alpha value is -0.300. The Bertz CT molecular complexity index is 218. The second kappa shape index (κ2) is 9.89. The lowest BCUT2D eigenvalue weighted by molar-refractivity contribution is -0.176. The second-order valence-corrected chi connectivity index (χ2v) is 2.57. The van der Waals surface area contributed by atoms with E-state index in [0.717, 1.165) is 0 Å². The molecule has 0 aromatic carbocycles. The third kappa shape index (κ3) is 4.69. The zero-order chi connectivity index (χ0) is 10.6. The lowest BCUT2D eigenvalue weighted by Crippen LogP contribution is -2.46. The minimum absolute atomic E-state index is 0. The Morgan fingerprint density at radius 3 is 1.19 bits per heavy atom. The molecule has 0 aliphatic heterocycles. The van der Waals surface area contributed by atoms with Crippen LogP contribution in [-0.2, 0) is 14.4 Å². The molecule has 0 rings (SSSR count). The number of carbonyl (C=O) groups is 3. The fraction of sp³-hybridized carbons (Fsp3) is 0.571. The van der Waals surface area contributed by atoms with E-state index in [-0.39, 0.29) is 36.1 Å². The van der Waals surface area contributed by atoms with Crippen molar-refractivity contribution in [3.05, 3.63) is 0 Å². The van der Waals surface area contributed by atoms with Crippen LogP contribution in [0.4, 0.5) is 0 Å². The third-order valence-electron chi connectivity index (χ3n) is 1.72. The summed E-state index contributed by atoms with van der Waals surface area (Å²) >= 11 is 0. The van der Waals surface area contributed by atoms with Gasteiger partial charge < -0.3 is 15.3 Å². The molecule has 0 bridgehead atoms. The predicted octanol–water partition coefficient (Wildman–Crippen LogP) is 0.201. The molecule has 0 aliphatic carbocycles. The maximum atomic E-state index is 10.5. The van der Waals surface area contributed by atoms with Crippen LogP contribution in [-0.4, -0.2) is 33.2 Å². The number of aliphatic carboxylic acids is 3. The van der Waals surface area contributed by atoms with E-state index in [0.29, 0.717) is 0 Å². The summed E-state index contributed by atoms with van der Waals surface area (Å²) in [5.41, 5.74) is -2.70. The summed E-state index contributed by atoms with van der Waals surface area (Å²) in [5, 5.41) is 25.6. The average molecular weight is 292 g/mol. The Kier molecular flexibility index (Phi) is 15.3. The highest BCUT2D eigenvalue weighted by atomic mass is 31.0. The van der Waals surface area contributed by atoms with Crippen LogP contribution in [0.25, 0.3) is 0 Å². The van der Waals surface area contributed by atoms with E-state index in [2.05, 4.69) is 0 Å². The van der Waals surface area contributed by atoms with Crippen molar-refractivity contribution in [1.82, 2.24) is 0 Å². The first-order valence-corrected chi connectivity index (χ1v) is 3.59. The number of hydrogen-bond acceptors (Lipinski definition) is 3. The average Bonchev–Trinajstić information content (AvgIpc) is 1.97. The van der Waals surface area contributed by atoms with E-state index in [9.17, 15) is 14.4 Å². The van der Waals surface area contributed by atoms with Crippen molar-refractivity contribution in [2.75, 3.05) is 0 Å². The van der Waals surface area contributed by atoms with Gasteiger partial charge in [-0.3, -0.25) is 14.4 Å². The molecule has 0 spiro atoms. The SMILES string of the molecule is CCCC(C(=O)O)(C(=O)O)C(=O)O.P.P.P. The van der Waals surface area contributed by atoms with Crippen LogP contribution in [0.15, 0.2) is 0 Å². The highest BCUT2D eigenvalue weighted by Gasteiger charge is 2.53. The van der Waals surface area contributed by atoms with E-state index >= 15 is 0 Å². The molecule has 16 heavy (non-hydrogen) atoms. The van der Waals surface area contributed by atoms with Gasteiger partial charge in [-0.25, -0.2) is 0 Å². The molecule has 0 aliphatic rings. The van der Waals surface area contributed by atoms with Crippen molar-refractivity contribution in [2.45, 2.75) is 19.8 Å². The van der Waals surface area contributed by atoms with E-state index in [1.807, 2.05) is 0 Å². The summed E-state index contributed by atoms with van der Waals surface area (Å²) in [6.45, 7) is 1.52. The molecule has 0 aromatic rings. The predicted molar refractivity (Wildman–Crippen MR) is 73.6 cm³/mol. The zero-order valence-electron chi connectivity index (χ0n) is 9.10. The van der Waals surface area contributed by atoms with Crippen molar-refractivity contribution < 1.29 is 29.7 Å². The highest BCUT2D eigenvalue weighted by Crippen LogP contribution is 2.25. The zero-order valence-corrected chi connectivity index (χ0v) is 13.3. The minimum atomic E-state index is -2.70. The topological polar surface area (TPSA) is 112 Å². The van der Waals surface area contributed by atoms with Gasteiger partial charge >= 0.3 is 17.9 Å². The maximum Gasteiger partial charge on any atom is 0.332 e. The van der Waals surface area contributed by atoms with Crippen LogP contribution >= 0.6 is 29.7 Å². The number of carboxylic acids is 3. The molecule has 0 saturated heterocycles. The maximum absolute atomic E-state index is 10.5. The van der Waals surface area contributed by atoms with Crippen LogP contribution in [0.1, 0.15) is 19.8 Å². The van der Waals surface area contributed by atoms with E-state index in [1.54, 1.807) is 0 Å². The van der Waals surface area contributed by atoms with Gasteiger partial charge in [0, 0.05) is 0 Å². The molecule has 6 nitrogen and oxygen atoms in total. The molecule has 0 fully saturated rings. The summed E-state index contributed by atoms with van der Waals surface area (Å²) in [6, 6.07) is 0. The van der Waals surface area contributed by atoms with E-state index in [4.69, 9.17) is 15.3 Å². The summed E-state index contributed by atoms with van der Waals surface area (Å²) in [6.07, 6.45) is -0.252. The molecule has 0 radical (unpaired) electrons. The molecular formula is C7H19O6P3. The van der Waals surface area contributed by atoms with Crippen LogP contribution in [0, 0.1) is 5.41 Å². The fourth-order valence-electron chi connectivity index (χ4n) is 0.970. The van der Waals surface area contributed by atoms with Crippen molar-refractivity contribution in [3.63, 3.8) is 0 Å². The minimum Gasteiger partial charge on any atom is -0.480 e. The second-order valence-electron chi connectivity index (χ2n) is 2.57. The molecule has 0 amide bonds. The van der Waals surface area contributed by atoms with Gasteiger partial charge in [0.1, 0.15) is 0 Å². The number of carboxylic acid groups (broad SMARTS) is 3. The molecule has 98 valence electrons. The summed E-state index contributed by atoms with van der Waals surface area (Å²) in [7, 11) is 0. The molecule has 3 N–H and O–H groups in total. The molecule has 0 saturated carbocycles. The molecule has 9 heteroatoms. The van der Waals surface area contributed by atoms with Gasteiger partial charge in [-0.2, -0.15) is 29.7 Å². The first kappa shape index (κ1) is 24.8. The lowest BCUT2D eigenvalue weighted by atomic mass is 9.83. The van der Waals surface area contributed by atoms with Gasteiger partial charge in [-0.1, -0.05) is 13.3 Å². The van der Waals surface area contributed by atoms with Crippen LogP contribution < -0.4 is 0 Å². The monoisotopic (exact) mass is 292 g/mol. The molecule has 0 heterocycles. The van der Waals surface area contributed by atoms with Crippen molar-refractivity contribution in [2.24, 2.45) is 5.41 Å². The Morgan fingerprint density at radius 1 is 0.875 bits per heavy atom. The molecule has 3 unspecified atom stereocenters. The first-order valence-electron chi connectivity index (χ1n) is 3.59. The Morgan fingerprint density at radius 2 is 1.12 bits per heavy atom. The number of hydrogen-bond donors (Lipinski definition) is 3. The van der Waals surface area contributed by atoms with Crippen molar-refractivity contribution in [3.8, 4) is 0 Å². The molecular weight excluding hydrogens is 273 g/mol. The van der Waals surface area contributed by atoms with Gasteiger partial charge in [0.2, 0.25) is 0 Å².